The number of allylic oxidation sites excluding steroid dienone is 2. The smallest absolute Gasteiger partial charge is 0.307 e. The predicted octanol–water partition coefficient (Wildman–Crippen LogP) is 2.75. The fourth-order valence-corrected chi connectivity index (χ4v) is 3.85. The third kappa shape index (κ3) is 2.34. The van der Waals surface area contributed by atoms with Gasteiger partial charge in [0.1, 0.15) is 0 Å². The lowest BCUT2D eigenvalue weighted by Gasteiger charge is -2.23. The molecule has 1 saturated carbocycles. The molecule has 2 bridgehead atoms. The molecule has 0 unspecified atom stereocenters. The van der Waals surface area contributed by atoms with Crippen molar-refractivity contribution < 1.29 is 14.7 Å². The van der Waals surface area contributed by atoms with Crippen molar-refractivity contribution in [3.8, 4) is 0 Å². The van der Waals surface area contributed by atoms with Crippen LogP contribution < -0.4 is 5.32 Å². The Kier molecular flexibility index (Phi) is 3.54. The predicted molar refractivity (Wildman–Crippen MR) is 83.1 cm³/mol. The summed E-state index contributed by atoms with van der Waals surface area (Å²) in [6, 6.07) is 7.50. The maximum atomic E-state index is 12.4. The van der Waals surface area contributed by atoms with E-state index < -0.39 is 17.8 Å². The highest BCUT2D eigenvalue weighted by Gasteiger charge is 2.51. The van der Waals surface area contributed by atoms with Crippen LogP contribution in [0.5, 0.6) is 0 Å². The van der Waals surface area contributed by atoms with Gasteiger partial charge in [0.2, 0.25) is 5.91 Å². The van der Waals surface area contributed by atoms with Gasteiger partial charge >= 0.3 is 5.97 Å². The second-order valence-electron chi connectivity index (χ2n) is 5.34. The first kappa shape index (κ1) is 13.6. The van der Waals surface area contributed by atoms with Crippen molar-refractivity contribution in [3.63, 3.8) is 0 Å². The zero-order valence-electron chi connectivity index (χ0n) is 10.6. The van der Waals surface area contributed by atoms with Gasteiger partial charge in [-0.05, 0) is 59.0 Å². The minimum atomic E-state index is -0.871. The summed E-state index contributed by atoms with van der Waals surface area (Å²) in [5, 5.41) is 12.2. The van der Waals surface area contributed by atoms with E-state index in [1.807, 2.05) is 36.4 Å². The van der Waals surface area contributed by atoms with Crippen molar-refractivity contribution in [1.82, 2.24) is 0 Å². The van der Waals surface area contributed by atoms with Crippen molar-refractivity contribution in [3.05, 3.63) is 40.0 Å². The lowest BCUT2D eigenvalue weighted by Crippen LogP contribution is -2.36. The molecule has 2 aliphatic rings. The first-order valence-corrected chi connectivity index (χ1v) is 7.61. The van der Waals surface area contributed by atoms with Gasteiger partial charge in [-0.3, -0.25) is 9.59 Å². The van der Waals surface area contributed by atoms with Crippen LogP contribution in [0.2, 0.25) is 0 Å². The summed E-state index contributed by atoms with van der Waals surface area (Å²) in [7, 11) is 0. The Labute approximate surface area is 130 Å². The van der Waals surface area contributed by atoms with E-state index in [1.54, 1.807) is 0 Å². The van der Waals surface area contributed by atoms with Crippen molar-refractivity contribution >= 4 is 40.2 Å². The standard InChI is InChI=1S/C15H14INO3/c16-10-2-1-3-11(7-10)17-14(18)12-8-4-5-9(6-8)13(12)15(19)20/h1-5,7-9,12-13H,6H2,(H,17,18)(H,19,20)/t8-,9-,12+,13+/m0/s1. The van der Waals surface area contributed by atoms with Crippen LogP contribution in [0.15, 0.2) is 36.4 Å². The van der Waals surface area contributed by atoms with Crippen LogP contribution >= 0.6 is 22.6 Å². The molecule has 4 atom stereocenters. The molecule has 0 spiro atoms. The molecule has 1 fully saturated rings. The molecule has 104 valence electrons. The fourth-order valence-electron chi connectivity index (χ4n) is 3.31. The van der Waals surface area contributed by atoms with Crippen molar-refractivity contribution in [2.24, 2.45) is 23.7 Å². The van der Waals surface area contributed by atoms with Gasteiger partial charge < -0.3 is 10.4 Å². The number of aliphatic carboxylic acids is 1. The Bertz CT molecular complexity index is 599. The SMILES string of the molecule is O=C(O)[C@H]1[C@H](C(=O)Nc2cccc(I)c2)[C@H]2C=C[C@H]1C2. The quantitative estimate of drug-likeness (QED) is 0.623. The van der Waals surface area contributed by atoms with Crippen molar-refractivity contribution in [1.29, 1.82) is 0 Å². The molecule has 1 aromatic rings. The number of benzene rings is 1. The molecule has 1 aromatic carbocycles. The highest BCUT2D eigenvalue weighted by atomic mass is 127. The van der Waals surface area contributed by atoms with Crippen LogP contribution in [0.4, 0.5) is 5.69 Å². The number of carbonyl (C=O) groups excluding carboxylic acids is 1. The van der Waals surface area contributed by atoms with Crippen molar-refractivity contribution in [2.75, 3.05) is 5.32 Å². The number of rotatable bonds is 3. The van der Waals surface area contributed by atoms with Gasteiger partial charge in [0.05, 0.1) is 11.8 Å². The third-order valence-corrected chi connectivity index (χ3v) is 4.81. The molecule has 4 nitrogen and oxygen atoms in total. The number of hydrogen-bond acceptors (Lipinski definition) is 2. The lowest BCUT2D eigenvalue weighted by molar-refractivity contribution is -0.146. The molecule has 1 amide bonds. The van der Waals surface area contributed by atoms with Crippen LogP contribution in [0.25, 0.3) is 0 Å². The van der Waals surface area contributed by atoms with E-state index in [9.17, 15) is 14.7 Å². The molecule has 2 aliphatic carbocycles. The molecular weight excluding hydrogens is 369 g/mol. The minimum absolute atomic E-state index is 0.00385. The van der Waals surface area contributed by atoms with Gasteiger partial charge in [0, 0.05) is 9.26 Å². The first-order valence-electron chi connectivity index (χ1n) is 6.54. The highest BCUT2D eigenvalue weighted by Crippen LogP contribution is 2.48. The lowest BCUT2D eigenvalue weighted by atomic mass is 9.82. The van der Waals surface area contributed by atoms with Gasteiger partial charge in [0.15, 0.2) is 0 Å². The van der Waals surface area contributed by atoms with Gasteiger partial charge in [-0.15, -0.1) is 0 Å². The molecule has 0 saturated heterocycles. The summed E-state index contributed by atoms with van der Waals surface area (Å²) >= 11 is 2.18. The van der Waals surface area contributed by atoms with E-state index in [1.165, 1.54) is 0 Å². The van der Waals surface area contributed by atoms with E-state index in [0.29, 0.717) is 0 Å². The van der Waals surface area contributed by atoms with Gasteiger partial charge in [0.25, 0.3) is 0 Å². The van der Waals surface area contributed by atoms with E-state index in [0.717, 1.165) is 15.7 Å². The molecule has 2 N–H and O–H groups in total. The van der Waals surface area contributed by atoms with Crippen LogP contribution in [0.1, 0.15) is 6.42 Å². The minimum Gasteiger partial charge on any atom is -0.481 e. The van der Waals surface area contributed by atoms with Crippen LogP contribution in [-0.2, 0) is 9.59 Å². The third-order valence-electron chi connectivity index (χ3n) is 4.14. The molecule has 3 rings (SSSR count). The van der Waals surface area contributed by atoms with Gasteiger partial charge in [-0.1, -0.05) is 18.2 Å². The fraction of sp³-hybridized carbons (Fsp3) is 0.333. The second kappa shape index (κ2) is 5.20. The average molecular weight is 383 g/mol. The highest BCUT2D eigenvalue weighted by molar-refractivity contribution is 14.1. The average Bonchev–Trinajstić information content (AvgIpc) is 2.98. The van der Waals surface area contributed by atoms with E-state index >= 15 is 0 Å². The number of hydrogen-bond donors (Lipinski definition) is 2. The summed E-state index contributed by atoms with van der Waals surface area (Å²) in [6.45, 7) is 0. The number of amides is 1. The summed E-state index contributed by atoms with van der Waals surface area (Å²) in [4.78, 5) is 23.8. The first-order chi connectivity index (χ1) is 9.56. The Morgan fingerprint density at radius 3 is 2.55 bits per heavy atom. The van der Waals surface area contributed by atoms with E-state index in [2.05, 4.69) is 27.9 Å². The second-order valence-corrected chi connectivity index (χ2v) is 6.58. The molecular formula is C15H14INO3. The molecule has 20 heavy (non-hydrogen) atoms. The Morgan fingerprint density at radius 2 is 1.90 bits per heavy atom. The summed E-state index contributed by atoms with van der Waals surface area (Å²) in [5.74, 6) is -2.04. The Morgan fingerprint density at radius 1 is 1.20 bits per heavy atom. The molecule has 0 aliphatic heterocycles. The summed E-state index contributed by atoms with van der Waals surface area (Å²) in [5.41, 5.74) is 0.720. The number of carboxylic acid groups (broad SMARTS) is 1. The number of anilines is 1. The zero-order chi connectivity index (χ0) is 14.3. The van der Waals surface area contributed by atoms with Crippen molar-refractivity contribution in [2.45, 2.75) is 6.42 Å². The maximum absolute atomic E-state index is 12.4. The van der Waals surface area contributed by atoms with E-state index in [4.69, 9.17) is 0 Å². The topological polar surface area (TPSA) is 66.4 Å². The Hall–Kier alpha value is -1.37. The largest absolute Gasteiger partial charge is 0.481 e. The number of carboxylic acids is 1. The van der Waals surface area contributed by atoms with E-state index in [-0.39, 0.29) is 17.7 Å². The Balaban J connectivity index is 1.80. The maximum Gasteiger partial charge on any atom is 0.307 e. The number of carbonyl (C=O) groups is 2. The molecule has 0 heterocycles. The zero-order valence-corrected chi connectivity index (χ0v) is 12.8. The normalized spacial score (nSPS) is 30.4. The number of fused-ring (bicyclic) bond motifs is 2. The number of halogens is 1. The monoisotopic (exact) mass is 383 g/mol. The summed E-state index contributed by atoms with van der Waals surface area (Å²) < 4.78 is 1.03. The van der Waals surface area contributed by atoms with Crippen LogP contribution in [0, 0.1) is 27.2 Å². The van der Waals surface area contributed by atoms with Gasteiger partial charge in [-0.2, -0.15) is 0 Å². The van der Waals surface area contributed by atoms with Crippen LogP contribution in [-0.4, -0.2) is 17.0 Å². The van der Waals surface area contributed by atoms with Crippen LogP contribution in [0.3, 0.4) is 0 Å². The molecule has 0 radical (unpaired) electrons. The molecule has 0 aromatic heterocycles. The van der Waals surface area contributed by atoms with Gasteiger partial charge in [-0.25, -0.2) is 0 Å². The molecule has 5 heteroatoms. The summed E-state index contributed by atoms with van der Waals surface area (Å²) in [6.07, 6.45) is 4.71. The number of nitrogens with one attached hydrogen (secondary N) is 1.